The number of ether oxygens (including phenoxy) is 1. The first-order chi connectivity index (χ1) is 11.1. The quantitative estimate of drug-likeness (QED) is 0.399. The lowest BCUT2D eigenvalue weighted by atomic mass is 9.57. The van der Waals surface area contributed by atoms with Crippen LogP contribution in [0.25, 0.3) is 0 Å². The van der Waals surface area contributed by atoms with Crippen molar-refractivity contribution in [2.45, 2.75) is 71.4 Å². The van der Waals surface area contributed by atoms with E-state index in [4.69, 9.17) is 9.73 Å². The van der Waals surface area contributed by atoms with Crippen molar-refractivity contribution in [1.29, 1.82) is 0 Å². The number of guanidine groups is 1. The third kappa shape index (κ3) is 2.97. The fourth-order valence-corrected chi connectivity index (χ4v) is 5.79. The molecule has 2 saturated carbocycles. The molecule has 2 saturated heterocycles. The predicted octanol–water partition coefficient (Wildman–Crippen LogP) is 3.65. The normalized spacial score (nSPS) is 36.4. The molecule has 0 amide bonds. The molecule has 2 aliphatic heterocycles. The average Bonchev–Trinajstić information content (AvgIpc) is 3.25. The number of nitrogens with zero attached hydrogens (tertiary/aromatic N) is 2. The Bertz CT molecular complexity index is 487. The number of likely N-dealkylation sites (tertiary alicyclic amines) is 1. The van der Waals surface area contributed by atoms with E-state index in [0.29, 0.717) is 23.5 Å². The summed E-state index contributed by atoms with van der Waals surface area (Å²) in [4.78, 5) is 7.40. The third-order valence-corrected chi connectivity index (χ3v) is 7.10. The standard InChI is InChI=1S/C19H33N3O.HI/c1-4-20-17(22-11-10-19(13-22)8-5-6-9-19)21-15-14-7-12-23-16(14)18(15,2)3;/h14-16H,4-13H2,1-3H3,(H,20,21);1H. The summed E-state index contributed by atoms with van der Waals surface area (Å²) >= 11 is 0. The highest BCUT2D eigenvalue weighted by molar-refractivity contribution is 14.0. The van der Waals surface area contributed by atoms with Crippen molar-refractivity contribution in [1.82, 2.24) is 10.2 Å². The summed E-state index contributed by atoms with van der Waals surface area (Å²) in [6, 6.07) is 0.514. The average molecular weight is 447 g/mol. The Hall–Kier alpha value is -0.0400. The number of halogens is 1. The van der Waals surface area contributed by atoms with Crippen LogP contribution in [-0.4, -0.2) is 49.2 Å². The van der Waals surface area contributed by atoms with Crippen LogP contribution in [0.15, 0.2) is 4.99 Å². The number of aliphatic imine (C=N–C) groups is 1. The van der Waals surface area contributed by atoms with E-state index in [9.17, 15) is 0 Å². The Morgan fingerprint density at radius 3 is 2.71 bits per heavy atom. The highest BCUT2D eigenvalue weighted by Gasteiger charge is 2.60. The van der Waals surface area contributed by atoms with Gasteiger partial charge in [0.2, 0.25) is 0 Å². The molecule has 138 valence electrons. The maximum atomic E-state index is 5.95. The molecule has 4 aliphatic rings. The van der Waals surface area contributed by atoms with Crippen LogP contribution in [0, 0.1) is 16.7 Å². The van der Waals surface area contributed by atoms with Gasteiger partial charge in [-0.05, 0) is 38.0 Å². The molecular weight excluding hydrogens is 413 g/mol. The summed E-state index contributed by atoms with van der Waals surface area (Å²) in [5.74, 6) is 1.84. The van der Waals surface area contributed by atoms with E-state index in [1.807, 2.05) is 0 Å². The first-order valence-electron chi connectivity index (χ1n) is 9.73. The van der Waals surface area contributed by atoms with Crippen LogP contribution in [-0.2, 0) is 4.74 Å². The summed E-state index contributed by atoms with van der Waals surface area (Å²) in [7, 11) is 0. The molecule has 1 spiro atoms. The topological polar surface area (TPSA) is 36.9 Å². The third-order valence-electron chi connectivity index (χ3n) is 7.10. The summed E-state index contributed by atoms with van der Waals surface area (Å²) in [5.41, 5.74) is 0.824. The van der Waals surface area contributed by atoms with E-state index in [2.05, 4.69) is 31.0 Å². The smallest absolute Gasteiger partial charge is 0.194 e. The van der Waals surface area contributed by atoms with E-state index >= 15 is 0 Å². The Labute approximate surface area is 164 Å². The van der Waals surface area contributed by atoms with Crippen LogP contribution in [0.2, 0.25) is 0 Å². The number of hydrogen-bond acceptors (Lipinski definition) is 2. The molecule has 0 aromatic carbocycles. The molecule has 4 nitrogen and oxygen atoms in total. The van der Waals surface area contributed by atoms with E-state index < -0.39 is 0 Å². The van der Waals surface area contributed by atoms with Crippen molar-refractivity contribution in [3.63, 3.8) is 0 Å². The minimum atomic E-state index is 0. The maximum Gasteiger partial charge on any atom is 0.194 e. The van der Waals surface area contributed by atoms with Gasteiger partial charge in [-0.25, -0.2) is 0 Å². The van der Waals surface area contributed by atoms with Crippen molar-refractivity contribution in [2.75, 3.05) is 26.2 Å². The second kappa shape index (κ2) is 6.93. The first kappa shape index (κ1) is 18.7. The van der Waals surface area contributed by atoms with Crippen LogP contribution in [0.5, 0.6) is 0 Å². The van der Waals surface area contributed by atoms with Gasteiger partial charge in [-0.15, -0.1) is 24.0 Å². The lowest BCUT2D eigenvalue weighted by Crippen LogP contribution is -2.68. The SMILES string of the molecule is CCN=C(NC1C2CCOC2C1(C)C)N1CCC2(CCCC2)C1.I. The molecular formula is C19H34IN3O. The van der Waals surface area contributed by atoms with Gasteiger partial charge in [0.25, 0.3) is 0 Å². The molecule has 0 aromatic heterocycles. The highest BCUT2D eigenvalue weighted by atomic mass is 127. The Morgan fingerprint density at radius 2 is 2.00 bits per heavy atom. The van der Waals surface area contributed by atoms with Gasteiger partial charge >= 0.3 is 0 Å². The Morgan fingerprint density at radius 1 is 1.25 bits per heavy atom. The zero-order valence-electron chi connectivity index (χ0n) is 15.5. The zero-order chi connectivity index (χ0) is 16.1. The first-order valence-corrected chi connectivity index (χ1v) is 9.73. The molecule has 2 aliphatic carbocycles. The van der Waals surface area contributed by atoms with E-state index in [0.717, 1.165) is 13.2 Å². The molecule has 2 heterocycles. The van der Waals surface area contributed by atoms with Gasteiger partial charge in [0.1, 0.15) is 0 Å². The molecule has 24 heavy (non-hydrogen) atoms. The van der Waals surface area contributed by atoms with Crippen LogP contribution < -0.4 is 5.32 Å². The van der Waals surface area contributed by atoms with Crippen LogP contribution >= 0.6 is 24.0 Å². The van der Waals surface area contributed by atoms with Gasteiger partial charge < -0.3 is 15.0 Å². The summed E-state index contributed by atoms with van der Waals surface area (Å²) in [6.45, 7) is 11.1. The molecule has 1 N–H and O–H groups in total. The van der Waals surface area contributed by atoms with Crippen molar-refractivity contribution in [3.05, 3.63) is 0 Å². The van der Waals surface area contributed by atoms with Gasteiger partial charge in [0.05, 0.1) is 6.10 Å². The summed E-state index contributed by atoms with van der Waals surface area (Å²) in [5, 5.41) is 3.86. The molecule has 0 bridgehead atoms. The molecule has 5 heteroatoms. The van der Waals surface area contributed by atoms with Crippen LogP contribution in [0.1, 0.15) is 59.3 Å². The van der Waals surface area contributed by atoms with E-state index in [-0.39, 0.29) is 29.4 Å². The zero-order valence-corrected chi connectivity index (χ0v) is 17.8. The summed E-state index contributed by atoms with van der Waals surface area (Å²) in [6.07, 6.45) is 8.72. The molecule has 4 fully saturated rings. The Balaban J connectivity index is 0.00000169. The second-order valence-electron chi connectivity index (χ2n) is 8.86. The lowest BCUT2D eigenvalue weighted by Gasteiger charge is -2.55. The molecule has 3 unspecified atom stereocenters. The van der Waals surface area contributed by atoms with Crippen molar-refractivity contribution in [2.24, 2.45) is 21.7 Å². The molecule has 0 radical (unpaired) electrons. The fraction of sp³-hybridized carbons (Fsp3) is 0.947. The van der Waals surface area contributed by atoms with Gasteiger partial charge in [-0.2, -0.15) is 0 Å². The van der Waals surface area contributed by atoms with Crippen molar-refractivity contribution in [3.8, 4) is 0 Å². The highest BCUT2D eigenvalue weighted by Crippen LogP contribution is 2.52. The minimum absolute atomic E-state index is 0. The number of rotatable bonds is 2. The van der Waals surface area contributed by atoms with Crippen LogP contribution in [0.3, 0.4) is 0 Å². The van der Waals surface area contributed by atoms with Gasteiger partial charge in [0.15, 0.2) is 5.96 Å². The summed E-state index contributed by atoms with van der Waals surface area (Å²) < 4.78 is 5.95. The molecule has 3 atom stereocenters. The van der Waals surface area contributed by atoms with Gasteiger partial charge in [-0.1, -0.05) is 26.7 Å². The molecule has 0 aromatic rings. The fourth-order valence-electron chi connectivity index (χ4n) is 5.79. The van der Waals surface area contributed by atoms with Crippen molar-refractivity contribution < 1.29 is 4.74 Å². The number of hydrogen-bond donors (Lipinski definition) is 1. The predicted molar refractivity (Wildman–Crippen MR) is 109 cm³/mol. The van der Waals surface area contributed by atoms with Gasteiger partial charge in [0, 0.05) is 43.6 Å². The Kier molecular flexibility index (Phi) is 5.41. The molecule has 4 rings (SSSR count). The number of fused-ring (bicyclic) bond motifs is 1. The number of nitrogens with one attached hydrogen (secondary N) is 1. The largest absolute Gasteiger partial charge is 0.377 e. The lowest BCUT2D eigenvalue weighted by molar-refractivity contribution is -0.107. The van der Waals surface area contributed by atoms with Gasteiger partial charge in [-0.3, -0.25) is 4.99 Å². The second-order valence-corrected chi connectivity index (χ2v) is 8.86. The maximum absolute atomic E-state index is 5.95. The van der Waals surface area contributed by atoms with E-state index in [1.54, 1.807) is 0 Å². The monoisotopic (exact) mass is 447 g/mol. The van der Waals surface area contributed by atoms with Crippen molar-refractivity contribution >= 4 is 29.9 Å². The minimum Gasteiger partial charge on any atom is -0.377 e. The van der Waals surface area contributed by atoms with Crippen LogP contribution in [0.4, 0.5) is 0 Å². The van der Waals surface area contributed by atoms with E-state index in [1.165, 1.54) is 57.6 Å².